The van der Waals surface area contributed by atoms with Gasteiger partial charge in [0.05, 0.1) is 4.92 Å². The smallest absolute Gasteiger partial charge is 0.311 e. The zero-order valence-electron chi connectivity index (χ0n) is 9.70. The molecule has 0 aliphatic rings. The zero-order valence-corrected chi connectivity index (χ0v) is 9.70. The average molecular weight is 251 g/mol. The van der Waals surface area contributed by atoms with Crippen LogP contribution in [-0.4, -0.2) is 17.2 Å². The molecule has 96 valence electrons. The van der Waals surface area contributed by atoms with Crippen LogP contribution < -0.4 is 4.74 Å². The van der Waals surface area contributed by atoms with E-state index in [9.17, 15) is 19.7 Å². The number of aldehydes is 1. The predicted molar refractivity (Wildman–Crippen MR) is 63.3 cm³/mol. The quantitative estimate of drug-likeness (QED) is 0.185. The van der Waals surface area contributed by atoms with Gasteiger partial charge in [0.15, 0.2) is 0 Å². The molecule has 0 aliphatic heterocycles. The summed E-state index contributed by atoms with van der Waals surface area (Å²) in [6.07, 6.45) is 2.71. The van der Waals surface area contributed by atoms with Gasteiger partial charge < -0.3 is 9.53 Å². The van der Waals surface area contributed by atoms with Crippen LogP contribution in [0.4, 0.5) is 5.69 Å². The van der Waals surface area contributed by atoms with Crippen LogP contribution in [0, 0.1) is 10.1 Å². The highest BCUT2D eigenvalue weighted by Crippen LogP contribution is 2.17. The Labute approximate surface area is 104 Å². The minimum Gasteiger partial charge on any atom is -0.427 e. The molecule has 0 spiro atoms. The number of unbranched alkanes of at least 4 members (excludes halogenated alkanes) is 2. The van der Waals surface area contributed by atoms with Crippen molar-refractivity contribution in [2.45, 2.75) is 25.7 Å². The van der Waals surface area contributed by atoms with E-state index in [4.69, 9.17) is 4.74 Å². The van der Waals surface area contributed by atoms with Gasteiger partial charge in [-0.05, 0) is 25.0 Å². The van der Waals surface area contributed by atoms with Crippen molar-refractivity contribution >= 4 is 17.9 Å². The fourth-order valence-electron chi connectivity index (χ4n) is 1.32. The highest BCUT2D eigenvalue weighted by molar-refractivity contribution is 5.72. The van der Waals surface area contributed by atoms with Gasteiger partial charge in [-0.3, -0.25) is 14.9 Å². The van der Waals surface area contributed by atoms with E-state index >= 15 is 0 Å². The number of rotatable bonds is 7. The van der Waals surface area contributed by atoms with Gasteiger partial charge >= 0.3 is 5.97 Å². The first kappa shape index (κ1) is 13.8. The Kier molecular flexibility index (Phi) is 5.50. The van der Waals surface area contributed by atoms with Crippen LogP contribution in [0.3, 0.4) is 0 Å². The van der Waals surface area contributed by atoms with Crippen molar-refractivity contribution in [3.63, 3.8) is 0 Å². The van der Waals surface area contributed by atoms with E-state index in [0.717, 1.165) is 6.29 Å². The summed E-state index contributed by atoms with van der Waals surface area (Å²) >= 11 is 0. The Morgan fingerprint density at radius 1 is 1.28 bits per heavy atom. The summed E-state index contributed by atoms with van der Waals surface area (Å²) in [5, 5.41) is 10.4. The third-order valence-corrected chi connectivity index (χ3v) is 2.23. The first-order chi connectivity index (χ1) is 8.63. The van der Waals surface area contributed by atoms with E-state index in [1.807, 2.05) is 0 Å². The molecule has 1 aromatic carbocycles. The summed E-state index contributed by atoms with van der Waals surface area (Å²) in [5.41, 5.74) is -0.0548. The SMILES string of the molecule is O=CCCCCC(=O)Oc1ccc([N+](=O)[O-])cc1. The molecule has 0 amide bonds. The molecule has 0 heterocycles. The molecule has 0 aromatic heterocycles. The van der Waals surface area contributed by atoms with Gasteiger partial charge in [0.25, 0.3) is 5.69 Å². The Morgan fingerprint density at radius 3 is 2.50 bits per heavy atom. The highest BCUT2D eigenvalue weighted by atomic mass is 16.6. The number of carbonyl (C=O) groups excluding carboxylic acids is 2. The highest BCUT2D eigenvalue weighted by Gasteiger charge is 2.07. The molecule has 1 aromatic rings. The fraction of sp³-hybridized carbons (Fsp3) is 0.333. The van der Waals surface area contributed by atoms with E-state index in [0.29, 0.717) is 19.3 Å². The molecule has 0 saturated carbocycles. The summed E-state index contributed by atoms with van der Waals surface area (Å²) < 4.78 is 4.98. The van der Waals surface area contributed by atoms with Gasteiger partial charge in [0.1, 0.15) is 12.0 Å². The average Bonchev–Trinajstić information content (AvgIpc) is 2.35. The Bertz CT molecular complexity index is 427. The van der Waals surface area contributed by atoms with Crippen LogP contribution in [0.2, 0.25) is 0 Å². The lowest BCUT2D eigenvalue weighted by Gasteiger charge is -2.03. The van der Waals surface area contributed by atoms with Crippen LogP contribution in [0.15, 0.2) is 24.3 Å². The molecule has 0 bridgehead atoms. The fourth-order valence-corrected chi connectivity index (χ4v) is 1.32. The third-order valence-electron chi connectivity index (χ3n) is 2.23. The monoisotopic (exact) mass is 251 g/mol. The minimum absolute atomic E-state index is 0.0548. The van der Waals surface area contributed by atoms with E-state index in [1.165, 1.54) is 24.3 Å². The number of hydrogen-bond acceptors (Lipinski definition) is 5. The molecule has 0 radical (unpaired) electrons. The lowest BCUT2D eigenvalue weighted by molar-refractivity contribution is -0.384. The summed E-state index contributed by atoms with van der Waals surface area (Å²) in [7, 11) is 0. The van der Waals surface area contributed by atoms with Crippen LogP contribution in [0.5, 0.6) is 5.75 Å². The maximum atomic E-state index is 11.3. The number of nitrogens with zero attached hydrogens (tertiary/aromatic N) is 1. The Morgan fingerprint density at radius 2 is 1.94 bits per heavy atom. The van der Waals surface area contributed by atoms with Gasteiger partial charge in [-0.2, -0.15) is 0 Å². The summed E-state index contributed by atoms with van der Waals surface area (Å²) in [5.74, 6) is -0.129. The first-order valence-electron chi connectivity index (χ1n) is 5.52. The molecule has 0 aliphatic carbocycles. The van der Waals surface area contributed by atoms with Gasteiger partial charge in [-0.15, -0.1) is 0 Å². The number of benzene rings is 1. The van der Waals surface area contributed by atoms with Gasteiger partial charge in [-0.25, -0.2) is 0 Å². The van der Waals surface area contributed by atoms with Crippen molar-refractivity contribution in [3.8, 4) is 5.75 Å². The minimum atomic E-state index is -0.523. The predicted octanol–water partition coefficient (Wildman–Crippen LogP) is 2.26. The molecule has 0 saturated heterocycles. The first-order valence-corrected chi connectivity index (χ1v) is 5.52. The van der Waals surface area contributed by atoms with E-state index in [2.05, 4.69) is 0 Å². The summed E-state index contributed by atoms with van der Waals surface area (Å²) in [4.78, 5) is 31.3. The van der Waals surface area contributed by atoms with Crippen molar-refractivity contribution in [1.82, 2.24) is 0 Å². The number of ether oxygens (including phenoxy) is 1. The second kappa shape index (κ2) is 7.16. The molecule has 0 atom stereocenters. The van der Waals surface area contributed by atoms with Crippen molar-refractivity contribution < 1.29 is 19.2 Å². The maximum Gasteiger partial charge on any atom is 0.311 e. The number of non-ortho nitro benzene ring substituents is 1. The zero-order chi connectivity index (χ0) is 13.4. The number of nitro groups is 1. The van der Waals surface area contributed by atoms with Crippen molar-refractivity contribution in [2.24, 2.45) is 0 Å². The van der Waals surface area contributed by atoms with Crippen molar-refractivity contribution in [3.05, 3.63) is 34.4 Å². The molecule has 0 unspecified atom stereocenters. The molecule has 18 heavy (non-hydrogen) atoms. The topological polar surface area (TPSA) is 86.5 Å². The van der Waals surface area contributed by atoms with Crippen LogP contribution in [-0.2, 0) is 9.59 Å². The largest absolute Gasteiger partial charge is 0.427 e. The number of nitro benzene ring substituents is 1. The molecule has 0 N–H and O–H groups in total. The molecule has 0 fully saturated rings. The third kappa shape index (κ3) is 4.73. The van der Waals surface area contributed by atoms with Crippen LogP contribution >= 0.6 is 0 Å². The van der Waals surface area contributed by atoms with Gasteiger partial charge in [-0.1, -0.05) is 0 Å². The van der Waals surface area contributed by atoms with E-state index in [-0.39, 0.29) is 17.9 Å². The lowest BCUT2D eigenvalue weighted by atomic mass is 10.2. The second-order valence-corrected chi connectivity index (χ2v) is 3.64. The Balaban J connectivity index is 2.39. The molecule has 1 rings (SSSR count). The molecular weight excluding hydrogens is 238 g/mol. The number of esters is 1. The maximum absolute atomic E-state index is 11.3. The normalized spacial score (nSPS) is 9.78. The number of hydrogen-bond donors (Lipinski definition) is 0. The molecule has 6 heteroatoms. The number of carbonyl (C=O) groups is 2. The van der Waals surface area contributed by atoms with Gasteiger partial charge in [0, 0.05) is 25.0 Å². The van der Waals surface area contributed by atoms with Crippen molar-refractivity contribution in [1.29, 1.82) is 0 Å². The summed E-state index contributed by atoms with van der Waals surface area (Å²) in [6, 6.07) is 5.30. The summed E-state index contributed by atoms with van der Waals surface area (Å²) in [6.45, 7) is 0. The second-order valence-electron chi connectivity index (χ2n) is 3.64. The van der Waals surface area contributed by atoms with Gasteiger partial charge in [0.2, 0.25) is 0 Å². The lowest BCUT2D eigenvalue weighted by Crippen LogP contribution is -2.07. The van der Waals surface area contributed by atoms with E-state index < -0.39 is 10.9 Å². The molecule has 6 nitrogen and oxygen atoms in total. The van der Waals surface area contributed by atoms with Crippen LogP contribution in [0.25, 0.3) is 0 Å². The Hall–Kier alpha value is -2.24. The standard InChI is InChI=1S/C12H13NO5/c14-9-3-1-2-4-12(15)18-11-7-5-10(6-8-11)13(16)17/h5-9H,1-4H2. The molecular formula is C12H13NO5. The van der Waals surface area contributed by atoms with E-state index in [1.54, 1.807) is 0 Å². The van der Waals surface area contributed by atoms with Crippen molar-refractivity contribution in [2.75, 3.05) is 0 Å². The van der Waals surface area contributed by atoms with Crippen LogP contribution in [0.1, 0.15) is 25.7 Å².